The Hall–Kier alpha value is -0.480. The molecule has 0 spiro atoms. The predicted molar refractivity (Wildman–Crippen MR) is 46.7 cm³/mol. The van der Waals surface area contributed by atoms with E-state index in [0.29, 0.717) is 6.42 Å². The Bertz CT molecular complexity index is 275. The molecule has 0 radical (unpaired) electrons. The first-order valence-electron chi connectivity index (χ1n) is 3.94. The minimum absolute atomic E-state index is 0.237. The summed E-state index contributed by atoms with van der Waals surface area (Å²) in [5.74, 6) is 0. The smallest absolute Gasteiger partial charge is 0.108 e. The van der Waals surface area contributed by atoms with Crippen molar-refractivity contribution in [2.45, 2.75) is 25.6 Å². The van der Waals surface area contributed by atoms with Crippen LogP contribution in [0.2, 0.25) is 0 Å². The van der Waals surface area contributed by atoms with E-state index in [0.717, 1.165) is 5.69 Å². The zero-order valence-electron chi connectivity index (χ0n) is 6.83. The molecule has 1 aromatic rings. The topological polar surface area (TPSA) is 38.9 Å². The summed E-state index contributed by atoms with van der Waals surface area (Å²) in [6.07, 6.45) is -0.166. The second-order valence-corrected chi connectivity index (χ2v) is 4.25. The van der Waals surface area contributed by atoms with Crippen LogP contribution in [0.3, 0.4) is 0 Å². The van der Waals surface area contributed by atoms with Gasteiger partial charge in [-0.25, -0.2) is 4.39 Å². The molecule has 0 bridgehead atoms. The molecule has 0 aromatic carbocycles. The third-order valence-corrected chi connectivity index (χ3v) is 3.24. The Morgan fingerprint density at radius 1 is 1.92 bits per heavy atom. The Morgan fingerprint density at radius 2 is 2.58 bits per heavy atom. The number of hydrogen-bond acceptors (Lipinski definition) is 3. The molecule has 3 atom stereocenters. The van der Waals surface area contributed by atoms with Crippen molar-refractivity contribution in [3.63, 3.8) is 0 Å². The van der Waals surface area contributed by atoms with Crippen LogP contribution < -0.4 is 5.73 Å². The van der Waals surface area contributed by atoms with Gasteiger partial charge in [0, 0.05) is 10.8 Å². The molecule has 1 fully saturated rings. The summed E-state index contributed by atoms with van der Waals surface area (Å²) in [4.78, 5) is 0. The fourth-order valence-electron chi connectivity index (χ4n) is 1.37. The van der Waals surface area contributed by atoms with Crippen LogP contribution >= 0.6 is 11.5 Å². The maximum Gasteiger partial charge on any atom is 0.108 e. The van der Waals surface area contributed by atoms with Gasteiger partial charge in [0.05, 0.1) is 11.7 Å². The predicted octanol–water partition coefficient (Wildman–Crippen LogP) is 1.89. The summed E-state index contributed by atoms with van der Waals surface area (Å²) < 4.78 is 17.0. The highest BCUT2D eigenvalue weighted by Crippen LogP contribution is 2.55. The van der Waals surface area contributed by atoms with E-state index in [1.54, 1.807) is 0 Å². The number of nitrogens with two attached hydrogens (primary N) is 1. The molecule has 1 aliphatic rings. The van der Waals surface area contributed by atoms with Gasteiger partial charge < -0.3 is 5.73 Å². The summed E-state index contributed by atoms with van der Waals surface area (Å²) in [6.45, 7) is 1.88. The van der Waals surface area contributed by atoms with Gasteiger partial charge in [0.2, 0.25) is 0 Å². The lowest BCUT2D eigenvalue weighted by atomic mass is 9.97. The van der Waals surface area contributed by atoms with Gasteiger partial charge >= 0.3 is 0 Å². The molecule has 1 saturated carbocycles. The number of halogens is 1. The fourth-order valence-corrected chi connectivity index (χ4v) is 1.93. The Morgan fingerprint density at radius 3 is 3.00 bits per heavy atom. The largest absolute Gasteiger partial charge is 0.322 e. The Balaban J connectivity index is 2.17. The monoisotopic (exact) mass is 186 g/mol. The number of hydrogen-bond donors (Lipinski definition) is 1. The third kappa shape index (κ3) is 1.06. The first kappa shape index (κ1) is 8.13. The summed E-state index contributed by atoms with van der Waals surface area (Å²) in [5, 5.41) is 1.87. The number of nitrogens with zero attached hydrogens (tertiary/aromatic N) is 1. The van der Waals surface area contributed by atoms with Crippen molar-refractivity contribution < 1.29 is 4.39 Å². The van der Waals surface area contributed by atoms with Crippen molar-refractivity contribution in [1.29, 1.82) is 0 Å². The molecule has 1 aliphatic carbocycles. The van der Waals surface area contributed by atoms with Crippen LogP contribution in [0, 0.1) is 5.41 Å². The van der Waals surface area contributed by atoms with Crippen LogP contribution in [0.25, 0.3) is 0 Å². The van der Waals surface area contributed by atoms with E-state index in [9.17, 15) is 4.39 Å². The minimum Gasteiger partial charge on any atom is -0.322 e. The van der Waals surface area contributed by atoms with Crippen LogP contribution in [0.1, 0.15) is 25.1 Å². The summed E-state index contributed by atoms with van der Waals surface area (Å²) >= 11 is 1.36. The molecular formula is C8H11FN2S. The second kappa shape index (κ2) is 2.50. The number of alkyl halides is 1. The van der Waals surface area contributed by atoms with Crippen molar-refractivity contribution in [1.82, 2.24) is 4.37 Å². The van der Waals surface area contributed by atoms with Crippen molar-refractivity contribution >= 4 is 11.5 Å². The van der Waals surface area contributed by atoms with Crippen molar-refractivity contribution in [2.75, 3.05) is 0 Å². The molecule has 0 aliphatic heterocycles. The van der Waals surface area contributed by atoms with Gasteiger partial charge in [-0.3, -0.25) is 0 Å². The van der Waals surface area contributed by atoms with Crippen LogP contribution in [-0.4, -0.2) is 10.5 Å². The van der Waals surface area contributed by atoms with E-state index in [1.165, 1.54) is 11.5 Å². The van der Waals surface area contributed by atoms with Crippen LogP contribution in [0.4, 0.5) is 4.39 Å². The quantitative estimate of drug-likeness (QED) is 0.766. The SMILES string of the molecule is CC1(C(N)c2ccsn2)CC1F. The normalized spacial score (nSPS) is 36.4. The highest BCUT2D eigenvalue weighted by atomic mass is 32.1. The van der Waals surface area contributed by atoms with Crippen LogP contribution in [0.15, 0.2) is 11.4 Å². The average molecular weight is 186 g/mol. The van der Waals surface area contributed by atoms with Gasteiger partial charge in [-0.1, -0.05) is 6.92 Å². The highest BCUT2D eigenvalue weighted by molar-refractivity contribution is 7.03. The summed E-state index contributed by atoms with van der Waals surface area (Å²) in [5.41, 5.74) is 6.34. The molecule has 66 valence electrons. The van der Waals surface area contributed by atoms with Gasteiger partial charge in [-0.15, -0.1) is 0 Å². The van der Waals surface area contributed by atoms with Crippen molar-refractivity contribution in [3.8, 4) is 0 Å². The van der Waals surface area contributed by atoms with Gasteiger partial charge in [0.25, 0.3) is 0 Å². The first-order chi connectivity index (χ1) is 5.64. The molecule has 4 heteroatoms. The molecule has 0 saturated heterocycles. The summed E-state index contributed by atoms with van der Waals surface area (Å²) in [7, 11) is 0. The molecule has 3 unspecified atom stereocenters. The van der Waals surface area contributed by atoms with Gasteiger partial charge in [0.1, 0.15) is 6.17 Å². The number of aromatic nitrogens is 1. The van der Waals surface area contributed by atoms with E-state index >= 15 is 0 Å². The van der Waals surface area contributed by atoms with Gasteiger partial charge in [-0.05, 0) is 24.0 Å². The minimum atomic E-state index is -0.741. The lowest BCUT2D eigenvalue weighted by molar-refractivity contribution is 0.329. The van der Waals surface area contributed by atoms with Crippen molar-refractivity contribution in [2.24, 2.45) is 11.1 Å². The van der Waals surface area contributed by atoms with Gasteiger partial charge in [-0.2, -0.15) is 4.37 Å². The Labute approximate surface area is 74.8 Å². The number of rotatable bonds is 2. The first-order valence-corrected chi connectivity index (χ1v) is 4.78. The second-order valence-electron chi connectivity index (χ2n) is 3.58. The molecule has 12 heavy (non-hydrogen) atoms. The van der Waals surface area contributed by atoms with E-state index in [1.807, 2.05) is 18.4 Å². The van der Waals surface area contributed by atoms with Crippen molar-refractivity contribution in [3.05, 3.63) is 17.1 Å². The zero-order valence-corrected chi connectivity index (χ0v) is 7.64. The molecular weight excluding hydrogens is 175 g/mol. The average Bonchev–Trinajstić information content (AvgIpc) is 2.59. The molecule has 1 heterocycles. The molecule has 0 amide bonds. The zero-order chi connectivity index (χ0) is 8.77. The Kier molecular flexibility index (Phi) is 1.70. The standard InChI is InChI=1S/C8H11FN2S/c1-8(4-6(8)9)7(10)5-2-3-12-11-5/h2-3,6-7H,4,10H2,1H3. The molecule has 2 nitrogen and oxygen atoms in total. The van der Waals surface area contributed by atoms with Gasteiger partial charge in [0.15, 0.2) is 0 Å². The lowest BCUT2D eigenvalue weighted by Crippen LogP contribution is -2.22. The van der Waals surface area contributed by atoms with E-state index < -0.39 is 6.17 Å². The molecule has 2 rings (SSSR count). The lowest BCUT2D eigenvalue weighted by Gasteiger charge is -2.15. The molecule has 2 N–H and O–H groups in total. The highest BCUT2D eigenvalue weighted by Gasteiger charge is 2.56. The maximum absolute atomic E-state index is 12.9. The van der Waals surface area contributed by atoms with E-state index in [-0.39, 0.29) is 11.5 Å². The molecule has 1 aromatic heterocycles. The van der Waals surface area contributed by atoms with Crippen LogP contribution in [-0.2, 0) is 0 Å². The third-order valence-electron chi connectivity index (χ3n) is 2.66. The van der Waals surface area contributed by atoms with E-state index in [4.69, 9.17) is 5.73 Å². The summed E-state index contributed by atoms with van der Waals surface area (Å²) in [6, 6.07) is 1.63. The fraction of sp³-hybridized carbons (Fsp3) is 0.625. The van der Waals surface area contributed by atoms with Crippen LogP contribution in [0.5, 0.6) is 0 Å². The maximum atomic E-state index is 12.9. The van der Waals surface area contributed by atoms with E-state index in [2.05, 4.69) is 4.37 Å².